The molecule has 3 nitrogen and oxygen atoms in total. The lowest BCUT2D eigenvalue weighted by Crippen LogP contribution is -1.97. The van der Waals surface area contributed by atoms with Crippen LogP contribution in [0.25, 0.3) is 11.1 Å². The molecule has 16 heavy (non-hydrogen) atoms. The summed E-state index contributed by atoms with van der Waals surface area (Å²) in [6, 6.07) is 8.13. The number of hydrogen-bond acceptors (Lipinski definition) is 2. The first-order valence-corrected chi connectivity index (χ1v) is 6.00. The van der Waals surface area contributed by atoms with Gasteiger partial charge in [-0.2, -0.15) is 5.10 Å². The number of benzene rings is 1. The van der Waals surface area contributed by atoms with E-state index in [1.54, 1.807) is 4.68 Å². The van der Waals surface area contributed by atoms with Crippen LogP contribution in [-0.2, 0) is 13.5 Å². The second-order valence-corrected chi connectivity index (χ2v) is 4.61. The zero-order valence-corrected chi connectivity index (χ0v) is 11.0. The highest BCUT2D eigenvalue weighted by atomic mass is 79.9. The van der Waals surface area contributed by atoms with Gasteiger partial charge in [-0.25, -0.2) is 0 Å². The summed E-state index contributed by atoms with van der Waals surface area (Å²) in [7, 11) is 1.87. The molecule has 0 bridgehead atoms. The van der Waals surface area contributed by atoms with Crippen molar-refractivity contribution in [3.63, 3.8) is 0 Å². The van der Waals surface area contributed by atoms with Gasteiger partial charge < -0.3 is 5.73 Å². The molecule has 0 saturated heterocycles. The molecule has 84 valence electrons. The molecule has 1 aromatic heterocycles. The van der Waals surface area contributed by atoms with Crippen molar-refractivity contribution < 1.29 is 0 Å². The van der Waals surface area contributed by atoms with E-state index in [-0.39, 0.29) is 0 Å². The summed E-state index contributed by atoms with van der Waals surface area (Å²) >= 11 is 3.43. The lowest BCUT2D eigenvalue weighted by atomic mass is 10.0. The summed E-state index contributed by atoms with van der Waals surface area (Å²) in [5.41, 5.74) is 9.25. The van der Waals surface area contributed by atoms with Gasteiger partial charge in [0.1, 0.15) is 5.82 Å². The van der Waals surface area contributed by atoms with Crippen LogP contribution in [0.15, 0.2) is 28.7 Å². The minimum absolute atomic E-state index is 0.721. The molecular formula is C12H14BrN3. The van der Waals surface area contributed by atoms with Gasteiger partial charge >= 0.3 is 0 Å². The summed E-state index contributed by atoms with van der Waals surface area (Å²) < 4.78 is 2.80. The van der Waals surface area contributed by atoms with Crippen LogP contribution in [0.5, 0.6) is 0 Å². The van der Waals surface area contributed by atoms with Gasteiger partial charge in [-0.15, -0.1) is 0 Å². The van der Waals surface area contributed by atoms with Crippen LogP contribution in [0.1, 0.15) is 12.6 Å². The van der Waals surface area contributed by atoms with E-state index in [4.69, 9.17) is 5.73 Å². The number of halogens is 1. The number of nitrogen functional groups attached to an aromatic ring is 1. The third-order valence-electron chi connectivity index (χ3n) is 2.63. The van der Waals surface area contributed by atoms with Gasteiger partial charge in [0.25, 0.3) is 0 Å². The molecule has 0 aliphatic carbocycles. The van der Waals surface area contributed by atoms with Gasteiger partial charge in [-0.1, -0.05) is 35.0 Å². The van der Waals surface area contributed by atoms with Crippen molar-refractivity contribution in [1.29, 1.82) is 0 Å². The SMILES string of the molecule is CCc1nn(C)c(N)c1-c1ccc(Br)cc1. The van der Waals surface area contributed by atoms with Crippen LogP contribution in [0.2, 0.25) is 0 Å². The van der Waals surface area contributed by atoms with E-state index >= 15 is 0 Å². The molecule has 2 rings (SSSR count). The monoisotopic (exact) mass is 279 g/mol. The largest absolute Gasteiger partial charge is 0.383 e. The van der Waals surface area contributed by atoms with Crippen LogP contribution in [0.4, 0.5) is 5.82 Å². The number of rotatable bonds is 2. The van der Waals surface area contributed by atoms with Crippen molar-refractivity contribution in [2.24, 2.45) is 7.05 Å². The Morgan fingerprint density at radius 2 is 1.94 bits per heavy atom. The molecule has 0 spiro atoms. The quantitative estimate of drug-likeness (QED) is 0.919. The first-order chi connectivity index (χ1) is 7.63. The average molecular weight is 280 g/mol. The van der Waals surface area contributed by atoms with E-state index in [1.807, 2.05) is 19.2 Å². The fourth-order valence-corrected chi connectivity index (χ4v) is 2.04. The molecule has 2 aromatic rings. The van der Waals surface area contributed by atoms with Crippen molar-refractivity contribution >= 4 is 21.7 Å². The van der Waals surface area contributed by atoms with E-state index in [0.29, 0.717) is 0 Å². The number of hydrogen-bond donors (Lipinski definition) is 1. The highest BCUT2D eigenvalue weighted by Crippen LogP contribution is 2.30. The van der Waals surface area contributed by atoms with Gasteiger partial charge in [0.15, 0.2) is 0 Å². The molecule has 0 aliphatic rings. The summed E-state index contributed by atoms with van der Waals surface area (Å²) in [5.74, 6) is 0.721. The Balaban J connectivity index is 2.58. The van der Waals surface area contributed by atoms with Crippen LogP contribution < -0.4 is 5.73 Å². The predicted octanol–water partition coefficient (Wildman–Crippen LogP) is 2.99. The molecule has 0 atom stereocenters. The molecule has 0 radical (unpaired) electrons. The van der Waals surface area contributed by atoms with Gasteiger partial charge in [0, 0.05) is 17.1 Å². The van der Waals surface area contributed by atoms with E-state index < -0.39 is 0 Å². The fraction of sp³-hybridized carbons (Fsp3) is 0.250. The molecule has 0 amide bonds. The minimum atomic E-state index is 0.721. The minimum Gasteiger partial charge on any atom is -0.383 e. The Morgan fingerprint density at radius 3 is 2.50 bits per heavy atom. The van der Waals surface area contributed by atoms with Gasteiger partial charge in [-0.05, 0) is 24.1 Å². The van der Waals surface area contributed by atoms with Crippen molar-refractivity contribution in [3.05, 3.63) is 34.4 Å². The van der Waals surface area contributed by atoms with Gasteiger partial charge in [0.05, 0.1) is 5.69 Å². The number of anilines is 1. The van der Waals surface area contributed by atoms with Crippen molar-refractivity contribution in [3.8, 4) is 11.1 Å². The second-order valence-electron chi connectivity index (χ2n) is 3.69. The molecule has 4 heteroatoms. The maximum absolute atomic E-state index is 6.04. The van der Waals surface area contributed by atoms with Crippen LogP contribution in [0.3, 0.4) is 0 Å². The standard InChI is InChI=1S/C12H14BrN3/c1-3-10-11(12(14)16(2)15-10)8-4-6-9(13)7-5-8/h4-7H,3,14H2,1-2H3. The lowest BCUT2D eigenvalue weighted by molar-refractivity contribution is 0.755. The predicted molar refractivity (Wildman–Crippen MR) is 70.1 cm³/mol. The normalized spacial score (nSPS) is 10.7. The summed E-state index contributed by atoms with van der Waals surface area (Å²) in [4.78, 5) is 0. The van der Waals surface area contributed by atoms with E-state index in [1.165, 1.54) is 0 Å². The molecule has 0 aliphatic heterocycles. The molecule has 1 aromatic carbocycles. The fourth-order valence-electron chi connectivity index (χ4n) is 1.77. The van der Waals surface area contributed by atoms with Crippen LogP contribution in [0, 0.1) is 0 Å². The number of nitrogens with zero attached hydrogens (tertiary/aromatic N) is 2. The highest BCUT2D eigenvalue weighted by molar-refractivity contribution is 9.10. The van der Waals surface area contributed by atoms with E-state index in [9.17, 15) is 0 Å². The summed E-state index contributed by atoms with van der Waals surface area (Å²) in [6.45, 7) is 2.09. The third kappa shape index (κ3) is 1.85. The zero-order chi connectivity index (χ0) is 11.7. The summed E-state index contributed by atoms with van der Waals surface area (Å²) in [5, 5.41) is 4.41. The molecule has 1 heterocycles. The second kappa shape index (κ2) is 4.29. The first kappa shape index (κ1) is 11.2. The average Bonchev–Trinajstić information content (AvgIpc) is 2.57. The van der Waals surface area contributed by atoms with Crippen LogP contribution in [-0.4, -0.2) is 9.78 Å². The lowest BCUT2D eigenvalue weighted by Gasteiger charge is -2.03. The third-order valence-corrected chi connectivity index (χ3v) is 3.16. The Labute approximate surface area is 103 Å². The Bertz CT molecular complexity index is 500. The Kier molecular flexibility index (Phi) is 3.01. The molecule has 2 N–H and O–H groups in total. The zero-order valence-electron chi connectivity index (χ0n) is 9.37. The van der Waals surface area contributed by atoms with E-state index in [2.05, 4.69) is 40.1 Å². The first-order valence-electron chi connectivity index (χ1n) is 5.20. The molecule has 0 saturated carbocycles. The Hall–Kier alpha value is -1.29. The van der Waals surface area contributed by atoms with Gasteiger partial charge in [-0.3, -0.25) is 4.68 Å². The van der Waals surface area contributed by atoms with E-state index in [0.717, 1.165) is 33.5 Å². The number of nitrogens with two attached hydrogens (primary N) is 1. The summed E-state index contributed by atoms with van der Waals surface area (Å²) in [6.07, 6.45) is 0.885. The van der Waals surface area contributed by atoms with Crippen molar-refractivity contribution in [2.45, 2.75) is 13.3 Å². The Morgan fingerprint density at radius 1 is 1.31 bits per heavy atom. The molecule has 0 fully saturated rings. The van der Waals surface area contributed by atoms with Crippen LogP contribution >= 0.6 is 15.9 Å². The van der Waals surface area contributed by atoms with Crippen molar-refractivity contribution in [1.82, 2.24) is 9.78 Å². The van der Waals surface area contributed by atoms with Gasteiger partial charge in [0.2, 0.25) is 0 Å². The smallest absolute Gasteiger partial charge is 0.129 e. The number of aryl methyl sites for hydroxylation is 2. The van der Waals surface area contributed by atoms with Crippen molar-refractivity contribution in [2.75, 3.05) is 5.73 Å². The topological polar surface area (TPSA) is 43.8 Å². The highest BCUT2D eigenvalue weighted by Gasteiger charge is 2.13. The maximum atomic E-state index is 6.04. The number of aromatic nitrogens is 2. The molecule has 0 unspecified atom stereocenters. The molecular weight excluding hydrogens is 266 g/mol. The maximum Gasteiger partial charge on any atom is 0.129 e.